The number of rotatable bonds is 6. The Hall–Kier alpha value is -1.46. The number of methoxy groups -OCH3 is 1. The molecule has 0 atom stereocenters. The molecule has 0 bridgehead atoms. The number of carbonyl (C=O) groups is 1. The van der Waals surface area contributed by atoms with Crippen LogP contribution in [0.2, 0.25) is 0 Å². The molecule has 1 aromatic carbocycles. The zero-order valence-corrected chi connectivity index (χ0v) is 12.3. The van der Waals surface area contributed by atoms with Crippen molar-refractivity contribution in [3.63, 3.8) is 0 Å². The lowest BCUT2D eigenvalue weighted by Crippen LogP contribution is -2.15. The number of ether oxygens (including phenoxy) is 2. The fraction of sp³-hybridized carbons (Fsp3) is 0.462. The van der Waals surface area contributed by atoms with Gasteiger partial charge in [0.15, 0.2) is 0 Å². The van der Waals surface area contributed by atoms with Crippen LogP contribution in [-0.4, -0.2) is 25.7 Å². The highest BCUT2D eigenvalue weighted by Crippen LogP contribution is 2.24. The Morgan fingerprint density at radius 3 is 2.63 bits per heavy atom. The number of halogens is 1. The lowest BCUT2D eigenvalue weighted by Gasteiger charge is -2.10. The van der Waals surface area contributed by atoms with Gasteiger partial charge in [0.25, 0.3) is 0 Å². The molecule has 0 aliphatic heterocycles. The summed E-state index contributed by atoms with van der Waals surface area (Å²) in [6, 6.07) is 5.13. The third-order valence-electron chi connectivity index (χ3n) is 2.29. The fourth-order valence-corrected chi connectivity index (χ4v) is 1.42. The van der Waals surface area contributed by atoms with E-state index in [0.717, 1.165) is 0 Å². The van der Waals surface area contributed by atoms with Crippen LogP contribution in [0.4, 0.5) is 11.4 Å². The van der Waals surface area contributed by atoms with Crippen LogP contribution in [-0.2, 0) is 9.53 Å². The van der Waals surface area contributed by atoms with Gasteiger partial charge in [-0.3, -0.25) is 4.79 Å². The zero-order valence-electron chi connectivity index (χ0n) is 11.4. The van der Waals surface area contributed by atoms with Crippen LogP contribution >= 0.6 is 12.4 Å². The predicted molar refractivity (Wildman–Crippen MR) is 79.0 cm³/mol. The van der Waals surface area contributed by atoms with Crippen LogP contribution in [0.1, 0.15) is 20.3 Å². The lowest BCUT2D eigenvalue weighted by atomic mass is 10.2. The second-order valence-corrected chi connectivity index (χ2v) is 4.17. The van der Waals surface area contributed by atoms with Gasteiger partial charge < -0.3 is 20.5 Å². The normalized spacial score (nSPS) is 9.89. The van der Waals surface area contributed by atoms with Crippen LogP contribution in [0, 0.1) is 0 Å². The van der Waals surface area contributed by atoms with Gasteiger partial charge in [0.2, 0.25) is 5.91 Å². The number of carbonyl (C=O) groups excluding carboxylic acids is 1. The molecule has 1 amide bonds. The SMILES string of the molecule is COc1ccc(NC(=O)CCOC(C)C)cc1N.Cl. The van der Waals surface area contributed by atoms with Gasteiger partial charge in [0.05, 0.1) is 31.9 Å². The molecule has 5 nitrogen and oxygen atoms in total. The summed E-state index contributed by atoms with van der Waals surface area (Å²) in [5, 5.41) is 2.75. The van der Waals surface area contributed by atoms with Crippen LogP contribution in [0.3, 0.4) is 0 Å². The molecule has 1 rings (SSSR count). The number of benzene rings is 1. The first-order chi connectivity index (χ1) is 8.52. The van der Waals surface area contributed by atoms with Crippen molar-refractivity contribution in [3.8, 4) is 5.75 Å². The van der Waals surface area contributed by atoms with E-state index < -0.39 is 0 Å². The van der Waals surface area contributed by atoms with E-state index in [-0.39, 0.29) is 24.4 Å². The van der Waals surface area contributed by atoms with Crippen LogP contribution in [0.5, 0.6) is 5.75 Å². The molecule has 108 valence electrons. The van der Waals surface area contributed by atoms with Crippen molar-refractivity contribution in [2.75, 3.05) is 24.8 Å². The number of nitrogens with one attached hydrogen (secondary N) is 1. The molecular weight excluding hydrogens is 268 g/mol. The van der Waals surface area contributed by atoms with Crippen molar-refractivity contribution < 1.29 is 14.3 Å². The Morgan fingerprint density at radius 2 is 2.11 bits per heavy atom. The van der Waals surface area contributed by atoms with Crippen molar-refractivity contribution in [2.24, 2.45) is 0 Å². The minimum atomic E-state index is -0.0970. The molecule has 0 aromatic heterocycles. The third kappa shape index (κ3) is 6.31. The summed E-state index contributed by atoms with van der Waals surface area (Å²) in [6.07, 6.45) is 0.457. The molecule has 0 fully saturated rings. The summed E-state index contributed by atoms with van der Waals surface area (Å²) in [5.74, 6) is 0.497. The van der Waals surface area contributed by atoms with Gasteiger partial charge in [0.1, 0.15) is 5.75 Å². The van der Waals surface area contributed by atoms with E-state index in [4.69, 9.17) is 15.2 Å². The van der Waals surface area contributed by atoms with Crippen molar-refractivity contribution in [1.82, 2.24) is 0 Å². The molecule has 0 aliphatic carbocycles. The number of amides is 1. The third-order valence-corrected chi connectivity index (χ3v) is 2.29. The van der Waals surface area contributed by atoms with Crippen molar-refractivity contribution >= 4 is 29.7 Å². The van der Waals surface area contributed by atoms with Crippen LogP contribution < -0.4 is 15.8 Å². The number of nitrogen functional groups attached to an aromatic ring is 1. The molecule has 19 heavy (non-hydrogen) atoms. The van der Waals surface area contributed by atoms with E-state index in [1.807, 2.05) is 13.8 Å². The Kier molecular flexibility index (Phi) is 7.95. The van der Waals surface area contributed by atoms with Crippen LogP contribution in [0.25, 0.3) is 0 Å². The van der Waals surface area contributed by atoms with Gasteiger partial charge >= 0.3 is 0 Å². The standard InChI is InChI=1S/C13H20N2O3.ClH/c1-9(2)18-7-6-13(16)15-10-4-5-12(17-3)11(14)8-10;/h4-5,8-9H,6-7,14H2,1-3H3,(H,15,16);1H. The first kappa shape index (κ1) is 17.5. The Labute approximate surface area is 119 Å². The van der Waals surface area contributed by atoms with E-state index >= 15 is 0 Å². The van der Waals surface area contributed by atoms with Gasteiger partial charge in [-0.25, -0.2) is 0 Å². The first-order valence-corrected chi connectivity index (χ1v) is 5.88. The Bertz CT molecular complexity index is 411. The summed E-state index contributed by atoms with van der Waals surface area (Å²) in [6.45, 7) is 4.28. The molecule has 0 heterocycles. The van der Waals surface area contributed by atoms with E-state index in [1.165, 1.54) is 0 Å². The second kappa shape index (κ2) is 8.61. The minimum absolute atomic E-state index is 0. The lowest BCUT2D eigenvalue weighted by molar-refractivity contribution is -0.117. The molecule has 0 saturated carbocycles. The quantitative estimate of drug-likeness (QED) is 0.789. The van der Waals surface area contributed by atoms with E-state index in [1.54, 1.807) is 25.3 Å². The monoisotopic (exact) mass is 288 g/mol. The number of anilines is 2. The summed E-state index contributed by atoms with van der Waals surface area (Å²) >= 11 is 0. The highest BCUT2D eigenvalue weighted by atomic mass is 35.5. The number of hydrogen-bond acceptors (Lipinski definition) is 4. The summed E-state index contributed by atoms with van der Waals surface area (Å²) in [4.78, 5) is 11.6. The first-order valence-electron chi connectivity index (χ1n) is 5.88. The summed E-state index contributed by atoms with van der Waals surface area (Å²) < 4.78 is 10.3. The highest BCUT2D eigenvalue weighted by molar-refractivity contribution is 5.91. The summed E-state index contributed by atoms with van der Waals surface area (Å²) in [7, 11) is 1.55. The second-order valence-electron chi connectivity index (χ2n) is 4.17. The summed E-state index contributed by atoms with van der Waals surface area (Å²) in [5.41, 5.74) is 6.90. The molecule has 3 N–H and O–H groups in total. The molecule has 0 unspecified atom stereocenters. The molecule has 0 spiro atoms. The topological polar surface area (TPSA) is 73.6 Å². The average Bonchev–Trinajstić information content (AvgIpc) is 2.28. The maximum absolute atomic E-state index is 11.6. The molecule has 0 saturated heterocycles. The minimum Gasteiger partial charge on any atom is -0.495 e. The van der Waals surface area contributed by atoms with Gasteiger partial charge in [-0.2, -0.15) is 0 Å². The van der Waals surface area contributed by atoms with Gasteiger partial charge in [-0.05, 0) is 32.0 Å². The Balaban J connectivity index is 0.00000324. The van der Waals surface area contributed by atoms with E-state index in [9.17, 15) is 4.79 Å². The maximum Gasteiger partial charge on any atom is 0.226 e. The average molecular weight is 289 g/mol. The highest BCUT2D eigenvalue weighted by Gasteiger charge is 2.05. The van der Waals surface area contributed by atoms with Gasteiger partial charge in [-0.1, -0.05) is 0 Å². The van der Waals surface area contributed by atoms with Crippen LogP contribution in [0.15, 0.2) is 18.2 Å². The smallest absolute Gasteiger partial charge is 0.226 e. The number of nitrogens with two attached hydrogens (primary N) is 1. The molecular formula is C13H21ClN2O3. The molecule has 0 radical (unpaired) electrons. The van der Waals surface area contributed by atoms with Crippen molar-refractivity contribution in [3.05, 3.63) is 18.2 Å². The molecule has 6 heteroatoms. The zero-order chi connectivity index (χ0) is 13.5. The van der Waals surface area contributed by atoms with Crippen molar-refractivity contribution in [2.45, 2.75) is 26.4 Å². The van der Waals surface area contributed by atoms with Gasteiger partial charge in [-0.15, -0.1) is 12.4 Å². The Morgan fingerprint density at radius 1 is 1.42 bits per heavy atom. The fourth-order valence-electron chi connectivity index (χ4n) is 1.42. The number of hydrogen-bond donors (Lipinski definition) is 2. The molecule has 1 aromatic rings. The molecule has 0 aliphatic rings. The predicted octanol–water partition coefficient (Wildman–Crippen LogP) is 2.45. The van der Waals surface area contributed by atoms with E-state index in [2.05, 4.69) is 5.32 Å². The maximum atomic E-state index is 11.6. The van der Waals surface area contributed by atoms with E-state index in [0.29, 0.717) is 30.2 Å². The largest absolute Gasteiger partial charge is 0.495 e. The van der Waals surface area contributed by atoms with Crippen molar-refractivity contribution in [1.29, 1.82) is 0 Å². The van der Waals surface area contributed by atoms with Gasteiger partial charge in [0, 0.05) is 5.69 Å².